The fourth-order valence-corrected chi connectivity index (χ4v) is 5.70. The molecule has 3 atom stereocenters. The highest BCUT2D eigenvalue weighted by atomic mass is 32.2. The average molecular weight is 542 g/mol. The van der Waals surface area contributed by atoms with E-state index in [9.17, 15) is 26.7 Å². The highest BCUT2D eigenvalue weighted by Gasteiger charge is 2.31. The first kappa shape index (κ1) is 29.7. The predicted molar refractivity (Wildman–Crippen MR) is 138 cm³/mol. The van der Waals surface area contributed by atoms with Gasteiger partial charge < -0.3 is 15.2 Å². The molecule has 200 valence electrons. The van der Waals surface area contributed by atoms with Crippen molar-refractivity contribution in [2.75, 3.05) is 40.6 Å². The molecule has 0 aliphatic carbocycles. The van der Waals surface area contributed by atoms with Crippen LogP contribution in [-0.4, -0.2) is 89.2 Å². The molecular weight excluding hydrogens is 506 g/mol. The second kappa shape index (κ2) is 12.6. The Bertz CT molecular complexity index is 1200. The number of sulfonamides is 2. The van der Waals surface area contributed by atoms with E-state index in [1.54, 1.807) is 0 Å². The van der Waals surface area contributed by atoms with Crippen LogP contribution in [0.1, 0.15) is 12.5 Å². The van der Waals surface area contributed by atoms with Crippen molar-refractivity contribution in [3.05, 3.63) is 60.2 Å². The summed E-state index contributed by atoms with van der Waals surface area (Å²) in [6.45, 7) is 1.19. The molecule has 0 radical (unpaired) electrons. The molecule has 0 fully saturated rings. The molecule has 0 saturated carbocycles. The Morgan fingerprint density at radius 3 is 2.11 bits per heavy atom. The first-order valence-electron chi connectivity index (χ1n) is 11.3. The van der Waals surface area contributed by atoms with Crippen LogP contribution in [0.5, 0.6) is 5.75 Å². The molecule has 2 unspecified atom stereocenters. The van der Waals surface area contributed by atoms with Gasteiger partial charge in [-0.2, -0.15) is 4.31 Å². The van der Waals surface area contributed by atoms with Gasteiger partial charge in [-0.3, -0.25) is 4.79 Å². The smallest absolute Gasteiger partial charge is 0.242 e. The van der Waals surface area contributed by atoms with Crippen LogP contribution >= 0.6 is 0 Å². The summed E-state index contributed by atoms with van der Waals surface area (Å²) in [5.74, 6) is -1.33. The minimum absolute atomic E-state index is 0.0316. The Labute approximate surface area is 214 Å². The molecule has 0 bridgehead atoms. The zero-order chi connectivity index (χ0) is 27.1. The molecule has 0 aliphatic rings. The highest BCUT2D eigenvalue weighted by molar-refractivity contribution is 7.89. The minimum Gasteiger partial charge on any atom is -0.497 e. The van der Waals surface area contributed by atoms with Crippen LogP contribution in [0.2, 0.25) is 0 Å². The Hall–Kier alpha value is -2.51. The van der Waals surface area contributed by atoms with Gasteiger partial charge in [0.15, 0.2) is 0 Å². The van der Waals surface area contributed by atoms with E-state index in [2.05, 4.69) is 5.32 Å². The lowest BCUT2D eigenvalue weighted by atomic mass is 10.00. The van der Waals surface area contributed by atoms with Gasteiger partial charge >= 0.3 is 0 Å². The third-order valence-corrected chi connectivity index (χ3v) is 9.64. The summed E-state index contributed by atoms with van der Waals surface area (Å²) < 4.78 is 57.6. The fourth-order valence-electron chi connectivity index (χ4n) is 3.43. The molecule has 2 aromatic carbocycles. The largest absolute Gasteiger partial charge is 0.497 e. The van der Waals surface area contributed by atoms with Crippen molar-refractivity contribution in [3.63, 3.8) is 0 Å². The number of carbonyl (C=O) groups excluding carboxylic acids is 1. The second-order valence-corrected chi connectivity index (χ2v) is 13.1. The Morgan fingerprint density at radius 1 is 1.00 bits per heavy atom. The van der Waals surface area contributed by atoms with Gasteiger partial charge in [-0.1, -0.05) is 37.3 Å². The molecule has 12 heteroatoms. The summed E-state index contributed by atoms with van der Waals surface area (Å²) in [5.41, 5.74) is 0.816. The van der Waals surface area contributed by atoms with Gasteiger partial charge in [0.05, 0.1) is 35.8 Å². The van der Waals surface area contributed by atoms with Gasteiger partial charge in [0.25, 0.3) is 0 Å². The first-order valence-corrected chi connectivity index (χ1v) is 14.4. The van der Waals surface area contributed by atoms with Crippen molar-refractivity contribution >= 4 is 26.0 Å². The molecule has 0 aromatic heterocycles. The van der Waals surface area contributed by atoms with Crippen LogP contribution in [0.25, 0.3) is 0 Å². The Kier molecular flexibility index (Phi) is 10.4. The maximum atomic E-state index is 13.0. The number of hydrogen-bond acceptors (Lipinski definition) is 7. The number of amides is 1. The number of nitrogens with one attached hydrogen (secondary N) is 1. The van der Waals surface area contributed by atoms with Gasteiger partial charge in [-0.05, 0) is 36.2 Å². The molecule has 0 heterocycles. The number of ether oxygens (including phenoxy) is 1. The molecule has 0 spiro atoms. The number of aliphatic hydroxyl groups excluding tert-OH is 1. The summed E-state index contributed by atoms with van der Waals surface area (Å²) in [7, 11) is -1.94. The van der Waals surface area contributed by atoms with Crippen LogP contribution in [0.3, 0.4) is 0 Å². The number of methoxy groups -OCH3 is 1. The van der Waals surface area contributed by atoms with E-state index < -0.39 is 49.8 Å². The Balaban J connectivity index is 2.21. The molecular formula is C24H35N3O7S2. The second-order valence-electron chi connectivity index (χ2n) is 8.80. The van der Waals surface area contributed by atoms with Crippen molar-refractivity contribution in [1.82, 2.24) is 13.9 Å². The van der Waals surface area contributed by atoms with Crippen LogP contribution < -0.4 is 10.1 Å². The van der Waals surface area contributed by atoms with Crippen LogP contribution in [0.15, 0.2) is 59.5 Å². The normalized spacial score (nSPS) is 14.9. The first-order chi connectivity index (χ1) is 16.8. The van der Waals surface area contributed by atoms with Gasteiger partial charge in [0, 0.05) is 27.7 Å². The lowest BCUT2D eigenvalue weighted by Crippen LogP contribution is -2.51. The monoisotopic (exact) mass is 541 g/mol. The molecule has 0 saturated heterocycles. The summed E-state index contributed by atoms with van der Waals surface area (Å²) in [5, 5.41) is 13.7. The number of rotatable bonds is 13. The summed E-state index contributed by atoms with van der Waals surface area (Å²) in [4.78, 5) is 12.9. The zero-order valence-electron chi connectivity index (χ0n) is 21.2. The van der Waals surface area contributed by atoms with Gasteiger partial charge in [0.2, 0.25) is 26.0 Å². The maximum Gasteiger partial charge on any atom is 0.242 e. The lowest BCUT2D eigenvalue weighted by molar-refractivity contribution is -0.125. The zero-order valence-corrected chi connectivity index (χ0v) is 22.8. The van der Waals surface area contributed by atoms with E-state index in [1.165, 1.54) is 59.4 Å². The van der Waals surface area contributed by atoms with Crippen molar-refractivity contribution in [3.8, 4) is 5.75 Å². The summed E-state index contributed by atoms with van der Waals surface area (Å²) in [6.07, 6.45) is -1.05. The van der Waals surface area contributed by atoms with Crippen molar-refractivity contribution in [2.24, 2.45) is 5.92 Å². The number of aliphatic hydroxyl groups is 1. The number of benzene rings is 2. The standard InChI is InChI=1S/C24H35N3O7S2/c1-18(17-35(30,31)26(2)3)24(29)25-22(15-19-9-7-6-8-10-19)23(28)16-27(4)36(32,33)21-13-11-20(34-5)12-14-21/h6-14,18,22-23,28H,15-17H2,1-5H3,(H,25,29)/t18?,22-,23?/m0/s1. The highest BCUT2D eigenvalue weighted by Crippen LogP contribution is 2.19. The van der Waals surface area contributed by atoms with Crippen LogP contribution in [0, 0.1) is 5.92 Å². The number of carbonyl (C=O) groups is 1. The molecule has 0 aliphatic heterocycles. The van der Waals surface area contributed by atoms with E-state index in [-0.39, 0.29) is 17.9 Å². The van der Waals surface area contributed by atoms with E-state index >= 15 is 0 Å². The molecule has 2 N–H and O–H groups in total. The number of likely N-dealkylation sites (N-methyl/N-ethyl adjacent to an activating group) is 1. The van der Waals surface area contributed by atoms with Gasteiger partial charge in [-0.25, -0.2) is 21.1 Å². The lowest BCUT2D eigenvalue weighted by Gasteiger charge is -2.29. The number of hydrogen-bond donors (Lipinski definition) is 2. The SMILES string of the molecule is COc1ccc(S(=O)(=O)N(C)CC(O)[C@H](Cc2ccccc2)NC(=O)C(C)CS(=O)(=O)N(C)C)cc1. The molecule has 10 nitrogen and oxygen atoms in total. The summed E-state index contributed by atoms with van der Waals surface area (Å²) >= 11 is 0. The number of nitrogens with zero attached hydrogens (tertiary/aromatic N) is 2. The van der Waals surface area contributed by atoms with Crippen molar-refractivity contribution in [1.29, 1.82) is 0 Å². The van der Waals surface area contributed by atoms with E-state index in [1.807, 2.05) is 30.3 Å². The van der Waals surface area contributed by atoms with Crippen LogP contribution in [-0.2, 0) is 31.3 Å². The van der Waals surface area contributed by atoms with Crippen molar-refractivity contribution in [2.45, 2.75) is 30.4 Å². The quantitative estimate of drug-likeness (QED) is 0.385. The van der Waals surface area contributed by atoms with Gasteiger partial charge in [0.1, 0.15) is 5.75 Å². The maximum absolute atomic E-state index is 13.0. The van der Waals surface area contributed by atoms with E-state index in [0.29, 0.717) is 5.75 Å². The average Bonchev–Trinajstić information content (AvgIpc) is 2.83. The topological polar surface area (TPSA) is 133 Å². The molecule has 2 rings (SSSR count). The predicted octanol–water partition coefficient (Wildman–Crippen LogP) is 0.932. The van der Waals surface area contributed by atoms with E-state index in [4.69, 9.17) is 4.74 Å². The van der Waals surface area contributed by atoms with Gasteiger partial charge in [-0.15, -0.1) is 0 Å². The van der Waals surface area contributed by atoms with Crippen LogP contribution in [0.4, 0.5) is 0 Å². The molecule has 36 heavy (non-hydrogen) atoms. The Morgan fingerprint density at radius 2 is 1.58 bits per heavy atom. The molecule has 2 aromatic rings. The minimum atomic E-state index is -3.92. The third-order valence-electron chi connectivity index (χ3n) is 5.77. The van der Waals surface area contributed by atoms with E-state index in [0.717, 1.165) is 14.2 Å². The fraction of sp³-hybridized carbons (Fsp3) is 0.458. The summed E-state index contributed by atoms with van der Waals surface area (Å²) in [6, 6.07) is 14.1. The molecule has 1 amide bonds. The third kappa shape index (κ3) is 8.00. The van der Waals surface area contributed by atoms with Crippen molar-refractivity contribution < 1.29 is 31.5 Å².